The molecule has 3 aromatic heterocycles. The molecule has 17 aromatic rings. The van der Waals surface area contributed by atoms with Crippen molar-refractivity contribution >= 4 is 120 Å². The summed E-state index contributed by atoms with van der Waals surface area (Å²) in [7, 11) is 0. The molecule has 0 N–H and O–H groups in total. The van der Waals surface area contributed by atoms with Gasteiger partial charge in [-0.1, -0.05) is 188 Å². The van der Waals surface area contributed by atoms with Gasteiger partial charge in [-0.25, -0.2) is 0 Å². The van der Waals surface area contributed by atoms with E-state index in [0.717, 1.165) is 88.1 Å². The first kappa shape index (κ1) is 42.2. The first-order chi connectivity index (χ1) is 38.2. The summed E-state index contributed by atoms with van der Waals surface area (Å²) >= 11 is 0. The summed E-state index contributed by atoms with van der Waals surface area (Å²) in [5.74, 6) is 0. The van der Waals surface area contributed by atoms with Gasteiger partial charge in [-0.2, -0.15) is 0 Å². The van der Waals surface area contributed by atoms with Gasteiger partial charge >= 0.3 is 0 Å². The summed E-state index contributed by atoms with van der Waals surface area (Å²) < 4.78 is 19.8. The predicted octanol–water partition coefficient (Wildman–Crippen LogP) is 21.5. The number of fused-ring (bicyclic) bond motifs is 14. The zero-order chi connectivity index (χ0) is 50.3. The normalized spacial score (nSPS) is 12.2. The van der Waals surface area contributed by atoms with Crippen LogP contribution in [0.25, 0.3) is 175 Å². The Balaban J connectivity index is 0.860. The van der Waals surface area contributed by atoms with Crippen molar-refractivity contribution in [3.63, 3.8) is 0 Å². The van der Waals surface area contributed by atoms with Crippen LogP contribution in [0.2, 0.25) is 0 Å². The third-order valence-electron chi connectivity index (χ3n) is 16.4. The summed E-state index contributed by atoms with van der Waals surface area (Å²) in [6, 6.07) is 92.4. The van der Waals surface area contributed by atoms with E-state index in [0.29, 0.717) is 0 Å². The minimum absolute atomic E-state index is 0.858. The van der Waals surface area contributed by atoms with E-state index in [4.69, 9.17) is 13.3 Å². The van der Waals surface area contributed by atoms with Gasteiger partial charge in [0.25, 0.3) is 0 Å². The van der Waals surface area contributed by atoms with Crippen molar-refractivity contribution in [2.24, 2.45) is 0 Å². The molecule has 0 radical (unpaired) electrons. The summed E-state index contributed by atoms with van der Waals surface area (Å²) in [5.41, 5.74) is 17.0. The Morgan fingerprint density at radius 1 is 0.182 bits per heavy atom. The largest absolute Gasteiger partial charge is 0.456 e. The van der Waals surface area contributed by atoms with E-state index in [1.807, 2.05) is 0 Å². The second-order valence-electron chi connectivity index (χ2n) is 20.6. The highest BCUT2D eigenvalue weighted by molar-refractivity contribution is 6.28. The van der Waals surface area contributed by atoms with Gasteiger partial charge in [0, 0.05) is 32.3 Å². The van der Waals surface area contributed by atoms with Crippen molar-refractivity contribution in [2.75, 3.05) is 0 Å². The van der Waals surface area contributed by atoms with Gasteiger partial charge in [-0.05, 0) is 176 Å². The van der Waals surface area contributed by atoms with E-state index in [-0.39, 0.29) is 0 Å². The molecule has 0 aliphatic rings. The van der Waals surface area contributed by atoms with Gasteiger partial charge in [0.15, 0.2) is 0 Å². The summed E-state index contributed by atoms with van der Waals surface area (Å²) in [4.78, 5) is 0. The second kappa shape index (κ2) is 16.1. The SMILES string of the molecule is c1ccc(-c2ccc3oc4ccc(-c5c6ccccc6c(-c6ccc7oc8cccc(-c9c%10ccccc%10c(-c%10ccc%11oc%12cc%13ccccc%13cc%12c%11c%10)c%10ccccc9%10)c8c7c6)c6ccccc56)cc4c3c2)cc1. The first-order valence-electron chi connectivity index (χ1n) is 26.4. The molecule has 0 saturated heterocycles. The van der Waals surface area contributed by atoms with Crippen LogP contribution in [-0.4, -0.2) is 0 Å². The van der Waals surface area contributed by atoms with E-state index < -0.39 is 0 Å². The van der Waals surface area contributed by atoms with Crippen LogP contribution in [0.5, 0.6) is 0 Å². The van der Waals surface area contributed by atoms with E-state index >= 15 is 0 Å². The molecule has 3 heteroatoms. The maximum absolute atomic E-state index is 6.84. The third kappa shape index (κ3) is 6.26. The van der Waals surface area contributed by atoms with E-state index in [9.17, 15) is 0 Å². The second-order valence-corrected chi connectivity index (χ2v) is 20.6. The molecule has 3 nitrogen and oxygen atoms in total. The molecule has 0 aliphatic heterocycles. The number of hydrogen-bond acceptors (Lipinski definition) is 3. The molecular weight excluding hydrogens is 937 g/mol. The molecule has 0 aliphatic carbocycles. The molecule has 0 fully saturated rings. The highest BCUT2D eigenvalue weighted by Gasteiger charge is 2.24. The van der Waals surface area contributed by atoms with Crippen LogP contribution >= 0.6 is 0 Å². The average molecular weight is 979 g/mol. The molecule has 356 valence electrons. The Kier molecular flexibility index (Phi) is 8.84. The Hall–Kier alpha value is -10.2. The lowest BCUT2D eigenvalue weighted by Crippen LogP contribution is -1.91. The average Bonchev–Trinajstić information content (AvgIpc) is 4.28. The van der Waals surface area contributed by atoms with Crippen LogP contribution in [0.15, 0.2) is 268 Å². The quantitative estimate of drug-likeness (QED) is 0.161. The standard InChI is InChI=1S/C74H42O3/c1-2-15-43(16-3-1)46-29-33-64-59(38-46)60-39-47(30-34-65(60)75-64)70-50-19-6-8-21-52(50)72(53-22-9-7-20-51(53)70)49-32-36-67-63(41-49)74-58(27-14-28-68(74)76-67)73-56-25-12-10-23-54(56)71(55-24-11-13-26-57(55)73)48-31-35-66-61(40-48)62-37-44-17-4-5-18-45(44)42-69(62)77-66/h1-42H. The number of hydrogen-bond donors (Lipinski definition) is 0. The summed E-state index contributed by atoms with van der Waals surface area (Å²) in [6.45, 7) is 0. The van der Waals surface area contributed by atoms with E-state index in [1.165, 1.54) is 87.2 Å². The van der Waals surface area contributed by atoms with E-state index in [2.05, 4.69) is 255 Å². The monoisotopic (exact) mass is 978 g/mol. The highest BCUT2D eigenvalue weighted by Crippen LogP contribution is 2.50. The van der Waals surface area contributed by atoms with Crippen LogP contribution in [-0.2, 0) is 0 Å². The van der Waals surface area contributed by atoms with Crippen molar-refractivity contribution in [3.8, 4) is 55.6 Å². The lowest BCUT2D eigenvalue weighted by Gasteiger charge is -2.18. The number of benzene rings is 14. The fourth-order valence-corrected chi connectivity index (χ4v) is 13.0. The molecule has 0 spiro atoms. The Morgan fingerprint density at radius 3 is 1.05 bits per heavy atom. The van der Waals surface area contributed by atoms with Crippen LogP contribution in [0, 0.1) is 0 Å². The van der Waals surface area contributed by atoms with Crippen LogP contribution < -0.4 is 0 Å². The molecule has 77 heavy (non-hydrogen) atoms. The van der Waals surface area contributed by atoms with Gasteiger partial charge in [-0.3, -0.25) is 0 Å². The highest BCUT2D eigenvalue weighted by atomic mass is 16.3. The van der Waals surface area contributed by atoms with Gasteiger partial charge in [0.05, 0.1) is 0 Å². The number of furan rings is 3. The van der Waals surface area contributed by atoms with Crippen molar-refractivity contribution in [2.45, 2.75) is 0 Å². The topological polar surface area (TPSA) is 39.4 Å². The molecular formula is C74H42O3. The minimum atomic E-state index is 0.858. The lowest BCUT2D eigenvalue weighted by atomic mass is 9.84. The summed E-state index contributed by atoms with van der Waals surface area (Å²) in [5, 5.41) is 18.6. The molecule has 0 unspecified atom stereocenters. The smallest absolute Gasteiger partial charge is 0.136 e. The molecule has 0 amide bonds. The van der Waals surface area contributed by atoms with Gasteiger partial charge in [0.2, 0.25) is 0 Å². The molecule has 0 atom stereocenters. The Morgan fingerprint density at radius 2 is 0.545 bits per heavy atom. The summed E-state index contributed by atoms with van der Waals surface area (Å²) in [6.07, 6.45) is 0. The van der Waals surface area contributed by atoms with Crippen molar-refractivity contribution in [1.29, 1.82) is 0 Å². The van der Waals surface area contributed by atoms with Crippen LogP contribution in [0.3, 0.4) is 0 Å². The zero-order valence-electron chi connectivity index (χ0n) is 41.5. The minimum Gasteiger partial charge on any atom is -0.456 e. The maximum Gasteiger partial charge on any atom is 0.136 e. The molecule has 3 heterocycles. The predicted molar refractivity (Wildman–Crippen MR) is 323 cm³/mol. The third-order valence-corrected chi connectivity index (χ3v) is 16.4. The zero-order valence-corrected chi connectivity index (χ0v) is 41.5. The van der Waals surface area contributed by atoms with Crippen molar-refractivity contribution < 1.29 is 13.3 Å². The van der Waals surface area contributed by atoms with Gasteiger partial charge < -0.3 is 13.3 Å². The molecule has 14 aromatic carbocycles. The van der Waals surface area contributed by atoms with E-state index in [1.54, 1.807) is 0 Å². The number of rotatable bonds is 5. The van der Waals surface area contributed by atoms with Crippen molar-refractivity contribution in [3.05, 3.63) is 255 Å². The molecule has 0 saturated carbocycles. The fourth-order valence-electron chi connectivity index (χ4n) is 13.0. The van der Waals surface area contributed by atoms with Gasteiger partial charge in [0.1, 0.15) is 33.5 Å². The lowest BCUT2D eigenvalue weighted by molar-refractivity contribution is 0.668. The maximum atomic E-state index is 6.84. The fraction of sp³-hybridized carbons (Fsp3) is 0. The van der Waals surface area contributed by atoms with Gasteiger partial charge in [-0.15, -0.1) is 0 Å². The molecule has 17 rings (SSSR count). The Labute approximate surface area is 441 Å². The van der Waals surface area contributed by atoms with Crippen molar-refractivity contribution in [1.82, 2.24) is 0 Å². The van der Waals surface area contributed by atoms with Crippen LogP contribution in [0.1, 0.15) is 0 Å². The van der Waals surface area contributed by atoms with Crippen LogP contribution in [0.4, 0.5) is 0 Å². The molecule has 0 bridgehead atoms. The Bertz CT molecular complexity index is 5230. The first-order valence-corrected chi connectivity index (χ1v) is 26.4.